The van der Waals surface area contributed by atoms with E-state index in [0.717, 1.165) is 18.4 Å². The Labute approximate surface area is 124 Å². The van der Waals surface area contributed by atoms with Crippen LogP contribution in [0, 0.1) is 5.92 Å². The number of benzene rings is 1. The molecular formula is C17H21NO3. The average molecular weight is 287 g/mol. The maximum absolute atomic E-state index is 12.8. The third-order valence-corrected chi connectivity index (χ3v) is 4.89. The molecule has 2 bridgehead atoms. The fourth-order valence-corrected chi connectivity index (χ4v) is 3.75. The minimum absolute atomic E-state index is 0.00579. The quantitative estimate of drug-likeness (QED) is 0.930. The van der Waals surface area contributed by atoms with E-state index in [1.165, 1.54) is 0 Å². The second kappa shape index (κ2) is 5.17. The first kappa shape index (κ1) is 14.1. The molecule has 1 N–H and O–H groups in total. The number of amides is 1. The molecule has 0 radical (unpaired) electrons. The van der Waals surface area contributed by atoms with Gasteiger partial charge in [0.15, 0.2) is 0 Å². The Morgan fingerprint density at radius 3 is 2.67 bits per heavy atom. The zero-order valence-electron chi connectivity index (χ0n) is 12.5. The van der Waals surface area contributed by atoms with Gasteiger partial charge in [-0.25, -0.2) is 0 Å². The number of aliphatic carboxylic acids is 1. The lowest BCUT2D eigenvalue weighted by atomic mass is 9.89. The summed E-state index contributed by atoms with van der Waals surface area (Å²) in [4.78, 5) is 25.9. The fourth-order valence-electron chi connectivity index (χ4n) is 3.75. The van der Waals surface area contributed by atoms with Crippen LogP contribution >= 0.6 is 0 Å². The predicted octanol–water partition coefficient (Wildman–Crippen LogP) is 2.89. The van der Waals surface area contributed by atoms with Gasteiger partial charge in [-0.3, -0.25) is 9.59 Å². The zero-order chi connectivity index (χ0) is 15.1. The van der Waals surface area contributed by atoms with E-state index in [4.69, 9.17) is 0 Å². The minimum Gasteiger partial charge on any atom is -0.481 e. The lowest BCUT2D eigenvalue weighted by Gasteiger charge is -2.23. The molecule has 0 spiro atoms. The van der Waals surface area contributed by atoms with E-state index >= 15 is 0 Å². The van der Waals surface area contributed by atoms with Gasteiger partial charge in [0.05, 0.1) is 5.92 Å². The SMILES string of the molecule is CC(C)c1cccc(C(=O)N2C3CCC2C(C(=O)O)C3)c1. The van der Waals surface area contributed by atoms with Gasteiger partial charge in [-0.15, -0.1) is 0 Å². The van der Waals surface area contributed by atoms with Gasteiger partial charge >= 0.3 is 5.97 Å². The molecule has 21 heavy (non-hydrogen) atoms. The highest BCUT2D eigenvalue weighted by Gasteiger charge is 2.51. The molecule has 0 aromatic heterocycles. The lowest BCUT2D eigenvalue weighted by Crippen LogP contribution is -2.37. The molecule has 2 saturated heterocycles. The lowest BCUT2D eigenvalue weighted by molar-refractivity contribution is -0.142. The Bertz CT molecular complexity index is 581. The normalized spacial score (nSPS) is 27.4. The van der Waals surface area contributed by atoms with Crippen molar-refractivity contribution in [3.05, 3.63) is 35.4 Å². The van der Waals surface area contributed by atoms with Crippen molar-refractivity contribution in [3.8, 4) is 0 Å². The largest absolute Gasteiger partial charge is 0.481 e. The number of hydrogen-bond acceptors (Lipinski definition) is 2. The smallest absolute Gasteiger partial charge is 0.308 e. The summed E-state index contributed by atoms with van der Waals surface area (Å²) in [6.45, 7) is 4.20. The highest BCUT2D eigenvalue weighted by atomic mass is 16.4. The monoisotopic (exact) mass is 287 g/mol. The summed E-state index contributed by atoms with van der Waals surface area (Å²) in [6, 6.07) is 7.70. The molecule has 2 aliphatic rings. The van der Waals surface area contributed by atoms with Gasteiger partial charge in [-0.1, -0.05) is 26.0 Å². The van der Waals surface area contributed by atoms with Crippen molar-refractivity contribution >= 4 is 11.9 Å². The minimum atomic E-state index is -0.768. The zero-order valence-corrected chi connectivity index (χ0v) is 12.5. The van der Waals surface area contributed by atoms with Crippen LogP contribution in [-0.4, -0.2) is 34.0 Å². The van der Waals surface area contributed by atoms with Gasteiger partial charge in [0.25, 0.3) is 5.91 Å². The van der Waals surface area contributed by atoms with Crippen LogP contribution in [0.5, 0.6) is 0 Å². The first-order valence-electron chi connectivity index (χ1n) is 7.64. The number of carbonyl (C=O) groups excluding carboxylic acids is 1. The van der Waals surface area contributed by atoms with E-state index in [-0.39, 0.29) is 23.9 Å². The number of carbonyl (C=O) groups is 2. The van der Waals surface area contributed by atoms with Crippen molar-refractivity contribution in [2.24, 2.45) is 5.92 Å². The molecule has 2 heterocycles. The van der Waals surface area contributed by atoms with Crippen LogP contribution in [0.25, 0.3) is 0 Å². The van der Waals surface area contributed by atoms with Crippen LogP contribution in [0.1, 0.15) is 54.9 Å². The fraction of sp³-hybridized carbons (Fsp3) is 0.529. The van der Waals surface area contributed by atoms with Gasteiger partial charge < -0.3 is 10.0 Å². The number of carboxylic acids is 1. The van der Waals surface area contributed by atoms with Gasteiger partial charge in [-0.05, 0) is 42.9 Å². The van der Waals surface area contributed by atoms with Crippen LogP contribution in [0.3, 0.4) is 0 Å². The standard InChI is InChI=1S/C17H21NO3/c1-10(2)11-4-3-5-12(8-11)16(19)18-13-6-7-15(18)14(9-13)17(20)21/h3-5,8,10,13-15H,6-7,9H2,1-2H3,(H,20,21). The summed E-state index contributed by atoms with van der Waals surface area (Å²) in [5.74, 6) is -0.787. The summed E-state index contributed by atoms with van der Waals surface area (Å²) >= 11 is 0. The van der Waals surface area contributed by atoms with Crippen molar-refractivity contribution < 1.29 is 14.7 Å². The number of nitrogens with zero attached hydrogens (tertiary/aromatic N) is 1. The third-order valence-electron chi connectivity index (χ3n) is 4.89. The maximum atomic E-state index is 12.8. The third kappa shape index (κ3) is 2.33. The van der Waals surface area contributed by atoms with Gasteiger partial charge in [0.2, 0.25) is 0 Å². The van der Waals surface area contributed by atoms with Gasteiger partial charge in [0, 0.05) is 17.6 Å². The van der Waals surface area contributed by atoms with Crippen LogP contribution in [-0.2, 0) is 4.79 Å². The molecule has 112 valence electrons. The van der Waals surface area contributed by atoms with Crippen LogP contribution in [0.4, 0.5) is 0 Å². The summed E-state index contributed by atoms with van der Waals surface area (Å²) in [5.41, 5.74) is 1.83. The second-order valence-corrected chi connectivity index (χ2v) is 6.47. The molecule has 4 nitrogen and oxygen atoms in total. The molecule has 1 amide bonds. The van der Waals surface area contributed by atoms with E-state index in [9.17, 15) is 14.7 Å². The van der Waals surface area contributed by atoms with Crippen LogP contribution in [0.15, 0.2) is 24.3 Å². The van der Waals surface area contributed by atoms with Crippen molar-refractivity contribution in [1.82, 2.24) is 4.90 Å². The van der Waals surface area contributed by atoms with E-state index in [0.29, 0.717) is 17.9 Å². The molecule has 2 aliphatic heterocycles. The molecule has 2 fully saturated rings. The number of rotatable bonds is 3. The molecule has 4 heteroatoms. The Balaban J connectivity index is 1.86. The Hall–Kier alpha value is -1.84. The molecule has 0 saturated carbocycles. The maximum Gasteiger partial charge on any atom is 0.308 e. The molecule has 1 aromatic rings. The predicted molar refractivity (Wildman–Crippen MR) is 79.3 cm³/mol. The van der Waals surface area contributed by atoms with E-state index in [1.807, 2.05) is 29.2 Å². The highest BCUT2D eigenvalue weighted by Crippen LogP contribution is 2.42. The van der Waals surface area contributed by atoms with Crippen molar-refractivity contribution in [1.29, 1.82) is 0 Å². The van der Waals surface area contributed by atoms with Crippen molar-refractivity contribution in [2.45, 2.75) is 51.1 Å². The number of fused-ring (bicyclic) bond motifs is 2. The Morgan fingerprint density at radius 2 is 2.05 bits per heavy atom. The molecule has 0 aliphatic carbocycles. The highest BCUT2D eigenvalue weighted by molar-refractivity contribution is 5.96. The molecule has 1 aromatic carbocycles. The topological polar surface area (TPSA) is 57.6 Å². The number of hydrogen-bond donors (Lipinski definition) is 1. The van der Waals surface area contributed by atoms with Crippen molar-refractivity contribution in [2.75, 3.05) is 0 Å². The summed E-state index contributed by atoms with van der Waals surface area (Å²) < 4.78 is 0. The number of carboxylic acid groups (broad SMARTS) is 1. The summed E-state index contributed by atoms with van der Waals surface area (Å²) in [7, 11) is 0. The molecule has 3 unspecified atom stereocenters. The summed E-state index contributed by atoms with van der Waals surface area (Å²) in [6.07, 6.45) is 2.36. The van der Waals surface area contributed by atoms with Crippen LogP contribution < -0.4 is 0 Å². The molecule has 3 atom stereocenters. The summed E-state index contributed by atoms with van der Waals surface area (Å²) in [5, 5.41) is 9.28. The molecular weight excluding hydrogens is 266 g/mol. The molecule has 3 rings (SSSR count). The van der Waals surface area contributed by atoms with Crippen LogP contribution in [0.2, 0.25) is 0 Å². The Morgan fingerprint density at radius 1 is 1.29 bits per heavy atom. The van der Waals surface area contributed by atoms with E-state index < -0.39 is 5.97 Å². The van der Waals surface area contributed by atoms with Gasteiger partial charge in [-0.2, -0.15) is 0 Å². The van der Waals surface area contributed by atoms with Crippen molar-refractivity contribution in [3.63, 3.8) is 0 Å². The first-order chi connectivity index (χ1) is 9.99. The van der Waals surface area contributed by atoms with Gasteiger partial charge in [0.1, 0.15) is 0 Å². The van der Waals surface area contributed by atoms with E-state index in [2.05, 4.69) is 13.8 Å². The first-order valence-corrected chi connectivity index (χ1v) is 7.64. The van der Waals surface area contributed by atoms with E-state index in [1.54, 1.807) is 0 Å². The average Bonchev–Trinajstić information content (AvgIpc) is 3.04. The second-order valence-electron chi connectivity index (χ2n) is 6.47. The Kier molecular flexibility index (Phi) is 3.47.